The molecule has 0 atom stereocenters. The number of para-hydroxylation sites is 1. The van der Waals surface area contributed by atoms with Crippen LogP contribution >= 0.6 is 11.6 Å². The van der Waals surface area contributed by atoms with Gasteiger partial charge in [0, 0.05) is 20.1 Å². The molecule has 2 N–H and O–H groups in total. The molecule has 0 unspecified atom stereocenters. The Kier molecular flexibility index (Phi) is 3.31. The van der Waals surface area contributed by atoms with Crippen LogP contribution in [0, 0.1) is 0 Å². The number of rotatable bonds is 2. The van der Waals surface area contributed by atoms with Crippen molar-refractivity contribution in [3.8, 4) is 0 Å². The Morgan fingerprint density at radius 3 is 2.75 bits per heavy atom. The Balaban J connectivity index is 1.99. The quantitative estimate of drug-likeness (QED) is 0.826. The van der Waals surface area contributed by atoms with Gasteiger partial charge in [-0.1, -0.05) is 23.7 Å². The van der Waals surface area contributed by atoms with E-state index in [0.717, 1.165) is 13.1 Å². The lowest BCUT2D eigenvalue weighted by Gasteiger charge is -2.35. The summed E-state index contributed by atoms with van der Waals surface area (Å²) in [5, 5.41) is 6.46. The molecule has 0 aromatic heterocycles. The highest BCUT2D eigenvalue weighted by atomic mass is 35.5. The fourth-order valence-corrected chi connectivity index (χ4v) is 1.66. The molecule has 0 spiro atoms. The van der Waals surface area contributed by atoms with Gasteiger partial charge < -0.3 is 15.5 Å². The number of nitrogens with zero attached hydrogens (tertiary/aromatic N) is 1. The van der Waals surface area contributed by atoms with Crippen molar-refractivity contribution in [3.05, 3.63) is 29.3 Å². The number of benzene rings is 1. The summed E-state index contributed by atoms with van der Waals surface area (Å²) < 4.78 is 0. The fraction of sp³-hybridized carbons (Fsp3) is 0.364. The van der Waals surface area contributed by atoms with Gasteiger partial charge in [-0.3, -0.25) is 0 Å². The monoisotopic (exact) mass is 239 g/mol. The number of amides is 2. The summed E-state index contributed by atoms with van der Waals surface area (Å²) in [5.41, 5.74) is 0.647. The van der Waals surface area contributed by atoms with Crippen molar-refractivity contribution in [1.82, 2.24) is 10.2 Å². The molecule has 1 heterocycles. The zero-order valence-corrected chi connectivity index (χ0v) is 9.79. The highest BCUT2D eigenvalue weighted by molar-refractivity contribution is 6.33. The van der Waals surface area contributed by atoms with Crippen molar-refractivity contribution < 1.29 is 4.79 Å². The van der Waals surface area contributed by atoms with Gasteiger partial charge in [0.2, 0.25) is 0 Å². The van der Waals surface area contributed by atoms with E-state index in [1.807, 2.05) is 12.1 Å². The lowest BCUT2D eigenvalue weighted by molar-refractivity contribution is 0.180. The second kappa shape index (κ2) is 4.72. The van der Waals surface area contributed by atoms with Crippen LogP contribution in [0.4, 0.5) is 10.5 Å². The van der Waals surface area contributed by atoms with Crippen molar-refractivity contribution >= 4 is 23.3 Å². The lowest BCUT2D eigenvalue weighted by atomic mass is 10.1. The number of likely N-dealkylation sites (N-methyl/N-ethyl adjacent to an activating group) is 1. The van der Waals surface area contributed by atoms with E-state index in [1.54, 1.807) is 24.1 Å². The first-order chi connectivity index (χ1) is 7.68. The average molecular weight is 240 g/mol. The number of nitrogens with one attached hydrogen (secondary N) is 2. The van der Waals surface area contributed by atoms with E-state index >= 15 is 0 Å². The molecule has 1 saturated heterocycles. The van der Waals surface area contributed by atoms with E-state index in [0.29, 0.717) is 10.7 Å². The predicted octanol–water partition coefficient (Wildman–Crippen LogP) is 1.78. The first kappa shape index (κ1) is 11.2. The van der Waals surface area contributed by atoms with Crippen LogP contribution in [0.3, 0.4) is 0 Å². The number of carbonyl (C=O) groups excluding carboxylic acids is 1. The molecule has 1 fully saturated rings. The zero-order valence-electron chi connectivity index (χ0n) is 9.03. The zero-order chi connectivity index (χ0) is 11.5. The third kappa shape index (κ3) is 2.28. The third-order valence-electron chi connectivity index (χ3n) is 2.74. The first-order valence-corrected chi connectivity index (χ1v) is 5.55. The van der Waals surface area contributed by atoms with Gasteiger partial charge in [-0.25, -0.2) is 4.79 Å². The van der Waals surface area contributed by atoms with Crippen molar-refractivity contribution in [2.24, 2.45) is 0 Å². The predicted molar refractivity (Wildman–Crippen MR) is 64.9 cm³/mol. The first-order valence-electron chi connectivity index (χ1n) is 5.17. The molecule has 2 rings (SSSR count). The smallest absolute Gasteiger partial charge is 0.321 e. The summed E-state index contributed by atoms with van der Waals surface area (Å²) in [6, 6.07) is 7.36. The molecule has 4 nitrogen and oxygen atoms in total. The minimum Gasteiger partial charge on any atom is -0.322 e. The molecule has 0 saturated carbocycles. The molecule has 0 bridgehead atoms. The van der Waals surface area contributed by atoms with Crippen LogP contribution in [0.2, 0.25) is 5.02 Å². The van der Waals surface area contributed by atoms with Crippen molar-refractivity contribution in [2.45, 2.75) is 6.04 Å². The highest BCUT2D eigenvalue weighted by Crippen LogP contribution is 2.21. The van der Waals surface area contributed by atoms with Crippen molar-refractivity contribution in [2.75, 3.05) is 25.5 Å². The highest BCUT2D eigenvalue weighted by Gasteiger charge is 2.25. The Labute approximate surface area is 99.6 Å². The van der Waals surface area contributed by atoms with Crippen LogP contribution in [0.15, 0.2) is 24.3 Å². The molecular formula is C11H14ClN3O. The maximum absolute atomic E-state index is 11.8. The van der Waals surface area contributed by atoms with Gasteiger partial charge >= 0.3 is 6.03 Å². The summed E-state index contributed by atoms with van der Waals surface area (Å²) in [7, 11) is 1.79. The molecular weight excluding hydrogens is 226 g/mol. The van der Waals surface area contributed by atoms with Crippen LogP contribution in [0.1, 0.15) is 0 Å². The number of anilines is 1. The molecule has 1 aromatic rings. The minimum absolute atomic E-state index is 0.125. The van der Waals surface area contributed by atoms with E-state index in [2.05, 4.69) is 10.6 Å². The van der Waals surface area contributed by atoms with E-state index in [9.17, 15) is 4.79 Å². The number of hydrogen-bond acceptors (Lipinski definition) is 2. The molecule has 1 aliphatic heterocycles. The number of halogens is 1. The molecule has 5 heteroatoms. The van der Waals surface area contributed by atoms with Crippen LogP contribution in [-0.4, -0.2) is 37.1 Å². The summed E-state index contributed by atoms with van der Waals surface area (Å²) in [5.74, 6) is 0. The molecule has 1 aliphatic rings. The standard InChI is InChI=1S/C11H14ClN3O/c1-15(8-6-13-7-8)11(16)14-10-5-3-2-4-9(10)12/h2-5,8,13H,6-7H2,1H3,(H,14,16). The van der Waals surface area contributed by atoms with Gasteiger partial charge in [0.1, 0.15) is 0 Å². The van der Waals surface area contributed by atoms with Crippen molar-refractivity contribution in [3.63, 3.8) is 0 Å². The molecule has 0 aliphatic carbocycles. The second-order valence-electron chi connectivity index (χ2n) is 3.83. The van der Waals surface area contributed by atoms with E-state index in [4.69, 9.17) is 11.6 Å². The Hall–Kier alpha value is -1.26. The van der Waals surface area contributed by atoms with Gasteiger partial charge in [-0.2, -0.15) is 0 Å². The van der Waals surface area contributed by atoms with Crippen LogP contribution in [0.5, 0.6) is 0 Å². The normalized spacial score (nSPS) is 15.4. The van der Waals surface area contributed by atoms with Crippen LogP contribution in [-0.2, 0) is 0 Å². The van der Waals surface area contributed by atoms with Gasteiger partial charge in [0.25, 0.3) is 0 Å². The Morgan fingerprint density at radius 2 is 2.19 bits per heavy atom. The van der Waals surface area contributed by atoms with E-state index < -0.39 is 0 Å². The van der Waals surface area contributed by atoms with Gasteiger partial charge in [-0.15, -0.1) is 0 Å². The van der Waals surface area contributed by atoms with Crippen LogP contribution < -0.4 is 10.6 Å². The largest absolute Gasteiger partial charge is 0.322 e. The number of hydrogen-bond donors (Lipinski definition) is 2. The minimum atomic E-state index is -0.125. The molecule has 16 heavy (non-hydrogen) atoms. The van der Waals surface area contributed by atoms with Crippen molar-refractivity contribution in [1.29, 1.82) is 0 Å². The Bertz CT molecular complexity index is 393. The SMILES string of the molecule is CN(C(=O)Nc1ccccc1Cl)C1CNC1. The summed E-state index contributed by atoms with van der Waals surface area (Å²) in [4.78, 5) is 13.5. The fourth-order valence-electron chi connectivity index (χ4n) is 1.48. The van der Waals surface area contributed by atoms with E-state index in [1.165, 1.54) is 0 Å². The summed E-state index contributed by atoms with van der Waals surface area (Å²) in [6.45, 7) is 1.71. The van der Waals surface area contributed by atoms with Crippen LogP contribution in [0.25, 0.3) is 0 Å². The topological polar surface area (TPSA) is 44.4 Å². The number of urea groups is 1. The van der Waals surface area contributed by atoms with E-state index in [-0.39, 0.29) is 12.1 Å². The average Bonchev–Trinajstić information content (AvgIpc) is 2.18. The maximum atomic E-state index is 11.8. The lowest BCUT2D eigenvalue weighted by Crippen LogP contribution is -2.58. The second-order valence-corrected chi connectivity index (χ2v) is 4.24. The Morgan fingerprint density at radius 1 is 1.50 bits per heavy atom. The maximum Gasteiger partial charge on any atom is 0.321 e. The van der Waals surface area contributed by atoms with Gasteiger partial charge in [0.15, 0.2) is 0 Å². The molecule has 0 radical (unpaired) electrons. The third-order valence-corrected chi connectivity index (χ3v) is 3.07. The van der Waals surface area contributed by atoms with Gasteiger partial charge in [-0.05, 0) is 12.1 Å². The summed E-state index contributed by atoms with van der Waals surface area (Å²) in [6.07, 6.45) is 0. The number of carbonyl (C=O) groups is 1. The molecule has 86 valence electrons. The molecule has 1 aromatic carbocycles. The summed E-state index contributed by atoms with van der Waals surface area (Å²) >= 11 is 5.95. The van der Waals surface area contributed by atoms with Gasteiger partial charge in [0.05, 0.1) is 16.8 Å². The molecule has 2 amide bonds.